The number of nitrogens with one attached hydrogen (secondary N) is 1. The zero-order chi connectivity index (χ0) is 22.9. The molecule has 0 fully saturated rings. The number of sulfone groups is 1. The second kappa shape index (κ2) is 8.74. The number of aromatic nitrogens is 5. The largest absolute Gasteiger partial charge is 0.337 e. The van der Waals surface area contributed by atoms with E-state index >= 15 is 0 Å². The van der Waals surface area contributed by atoms with E-state index in [0.717, 1.165) is 33.8 Å². The Morgan fingerprint density at radius 1 is 1.06 bits per heavy atom. The summed E-state index contributed by atoms with van der Waals surface area (Å²) in [6.45, 7) is 4.90. The van der Waals surface area contributed by atoms with Crippen molar-refractivity contribution in [3.63, 3.8) is 0 Å². The zero-order valence-electron chi connectivity index (χ0n) is 18.8. The third kappa shape index (κ3) is 5.16. The Kier molecular flexibility index (Phi) is 6.01. The molecular weight excluding hydrogens is 424 g/mol. The van der Waals surface area contributed by atoms with E-state index in [1.807, 2.05) is 31.4 Å². The lowest BCUT2D eigenvalue weighted by molar-refractivity contribution is 0.576. The maximum Gasteiger partial charge on any atom is 0.147 e. The molecule has 0 atom stereocenters. The summed E-state index contributed by atoms with van der Waals surface area (Å²) < 4.78 is 26.5. The number of hydrogen-bond acceptors (Lipinski definition) is 6. The lowest BCUT2D eigenvalue weighted by Crippen LogP contribution is -2.07. The Morgan fingerprint density at radius 3 is 2.59 bits per heavy atom. The van der Waals surface area contributed by atoms with Gasteiger partial charge in [-0.05, 0) is 42.2 Å². The molecule has 0 spiro atoms. The van der Waals surface area contributed by atoms with E-state index in [1.54, 1.807) is 17.1 Å². The van der Waals surface area contributed by atoms with Crippen LogP contribution in [0, 0.1) is 0 Å². The molecule has 0 aliphatic heterocycles. The number of nitrogens with zero attached hydrogens (tertiary/aromatic N) is 5. The van der Waals surface area contributed by atoms with Crippen molar-refractivity contribution in [3.05, 3.63) is 54.6 Å². The third-order valence-corrected chi connectivity index (χ3v) is 6.39. The van der Waals surface area contributed by atoms with E-state index in [-0.39, 0.29) is 5.75 Å². The van der Waals surface area contributed by atoms with Gasteiger partial charge in [0.05, 0.1) is 23.0 Å². The monoisotopic (exact) mass is 452 g/mol. The van der Waals surface area contributed by atoms with Gasteiger partial charge in [0.25, 0.3) is 0 Å². The first-order valence-corrected chi connectivity index (χ1v) is 12.6. The predicted molar refractivity (Wildman–Crippen MR) is 128 cm³/mol. The van der Waals surface area contributed by atoms with Gasteiger partial charge in [0.1, 0.15) is 21.5 Å². The van der Waals surface area contributed by atoms with E-state index in [2.05, 4.69) is 46.1 Å². The van der Waals surface area contributed by atoms with E-state index in [4.69, 9.17) is 4.98 Å². The van der Waals surface area contributed by atoms with Crippen LogP contribution in [0.2, 0.25) is 0 Å². The average molecular weight is 453 g/mol. The molecule has 0 aliphatic carbocycles. The number of pyridine rings is 2. The summed E-state index contributed by atoms with van der Waals surface area (Å²) in [7, 11) is -0.947. The molecule has 4 aromatic heterocycles. The summed E-state index contributed by atoms with van der Waals surface area (Å²) in [4.78, 5) is 9.30. The molecule has 9 heteroatoms. The molecule has 0 aliphatic rings. The Labute approximate surface area is 188 Å². The van der Waals surface area contributed by atoms with E-state index in [1.165, 1.54) is 11.8 Å². The minimum absolute atomic E-state index is 0.152. The van der Waals surface area contributed by atoms with Gasteiger partial charge in [-0.25, -0.2) is 13.4 Å². The normalized spacial score (nSPS) is 12.0. The highest BCUT2D eigenvalue weighted by molar-refractivity contribution is 7.90. The Morgan fingerprint density at radius 2 is 1.88 bits per heavy atom. The van der Waals surface area contributed by atoms with Crippen LogP contribution in [0.15, 0.2) is 49.1 Å². The van der Waals surface area contributed by atoms with E-state index in [9.17, 15) is 8.42 Å². The fourth-order valence-corrected chi connectivity index (χ4v) is 4.17. The first-order valence-electron chi connectivity index (χ1n) is 10.6. The summed E-state index contributed by atoms with van der Waals surface area (Å²) in [5.74, 6) is 2.35. The molecule has 0 saturated carbocycles. The standard InChI is InChI=1S/C23H28N6O2S/c1-16(2)18-11-23(28(3)14-18)27-22-7-6-20-21(26-22)10-17(12-24-20)19-13-25-29(15-19)8-5-9-32(4,30)31/h6-7,10-16H,5,8-9H2,1-4H3,(H,26,27). The van der Waals surface area contributed by atoms with Gasteiger partial charge in [0, 0.05) is 49.6 Å². The second-order valence-electron chi connectivity index (χ2n) is 8.48. The number of anilines is 2. The zero-order valence-corrected chi connectivity index (χ0v) is 19.6. The molecule has 4 aromatic rings. The van der Waals surface area contributed by atoms with Crippen molar-refractivity contribution in [2.24, 2.45) is 7.05 Å². The highest BCUT2D eigenvalue weighted by Crippen LogP contribution is 2.25. The molecule has 0 unspecified atom stereocenters. The molecule has 4 heterocycles. The van der Waals surface area contributed by atoms with Crippen molar-refractivity contribution in [3.8, 4) is 11.1 Å². The van der Waals surface area contributed by atoms with Crippen LogP contribution in [0.4, 0.5) is 11.6 Å². The lowest BCUT2D eigenvalue weighted by Gasteiger charge is -2.08. The quantitative estimate of drug-likeness (QED) is 0.432. The highest BCUT2D eigenvalue weighted by atomic mass is 32.2. The molecule has 0 radical (unpaired) electrons. The van der Waals surface area contributed by atoms with Gasteiger partial charge in [0.15, 0.2) is 0 Å². The number of rotatable bonds is 8. The van der Waals surface area contributed by atoms with Gasteiger partial charge >= 0.3 is 0 Å². The minimum Gasteiger partial charge on any atom is -0.337 e. The number of fused-ring (bicyclic) bond motifs is 1. The predicted octanol–water partition coefficient (Wildman–Crippen LogP) is 4.13. The minimum atomic E-state index is -2.96. The van der Waals surface area contributed by atoms with Crippen molar-refractivity contribution < 1.29 is 8.42 Å². The molecule has 0 aromatic carbocycles. The summed E-state index contributed by atoms with van der Waals surface area (Å²) in [5, 5.41) is 7.75. The average Bonchev–Trinajstić information content (AvgIpc) is 3.34. The van der Waals surface area contributed by atoms with Crippen LogP contribution in [-0.2, 0) is 23.4 Å². The van der Waals surface area contributed by atoms with Crippen LogP contribution >= 0.6 is 0 Å². The van der Waals surface area contributed by atoms with Crippen molar-refractivity contribution in [2.75, 3.05) is 17.3 Å². The van der Waals surface area contributed by atoms with Gasteiger partial charge in [-0.2, -0.15) is 5.10 Å². The molecule has 1 N–H and O–H groups in total. The maximum absolute atomic E-state index is 11.3. The lowest BCUT2D eigenvalue weighted by atomic mass is 10.1. The summed E-state index contributed by atoms with van der Waals surface area (Å²) >= 11 is 0. The Balaban J connectivity index is 1.54. The first-order chi connectivity index (χ1) is 15.2. The third-order valence-electron chi connectivity index (χ3n) is 5.36. The topological polar surface area (TPSA) is 94.7 Å². The molecule has 8 nitrogen and oxygen atoms in total. The van der Waals surface area contributed by atoms with Crippen LogP contribution in [0.25, 0.3) is 22.2 Å². The van der Waals surface area contributed by atoms with Gasteiger partial charge in [-0.3, -0.25) is 9.67 Å². The van der Waals surface area contributed by atoms with Crippen LogP contribution in [0.5, 0.6) is 0 Å². The number of aryl methyl sites for hydroxylation is 2. The van der Waals surface area contributed by atoms with E-state index in [0.29, 0.717) is 18.9 Å². The summed E-state index contributed by atoms with van der Waals surface area (Å²) in [6.07, 6.45) is 9.39. The number of hydrogen-bond donors (Lipinski definition) is 1. The molecule has 0 saturated heterocycles. The molecule has 0 amide bonds. The molecule has 32 heavy (non-hydrogen) atoms. The van der Waals surface area contributed by atoms with Crippen LogP contribution < -0.4 is 5.32 Å². The summed E-state index contributed by atoms with van der Waals surface area (Å²) in [6, 6.07) is 8.02. The SMILES string of the molecule is CC(C)c1cc(Nc2ccc3ncc(-c4cnn(CCCS(C)(=O)=O)c4)cc3n2)n(C)c1. The van der Waals surface area contributed by atoms with Gasteiger partial charge in [0.2, 0.25) is 0 Å². The molecular formula is C23H28N6O2S. The molecule has 4 rings (SSSR count). The fraction of sp³-hybridized carbons (Fsp3) is 0.348. The smallest absolute Gasteiger partial charge is 0.147 e. The highest BCUT2D eigenvalue weighted by Gasteiger charge is 2.10. The van der Waals surface area contributed by atoms with Gasteiger partial charge in [-0.1, -0.05) is 13.8 Å². The van der Waals surface area contributed by atoms with E-state index < -0.39 is 9.84 Å². The van der Waals surface area contributed by atoms with Crippen molar-refractivity contribution >= 4 is 32.5 Å². The Bertz CT molecular complexity index is 1350. The molecule has 0 bridgehead atoms. The van der Waals surface area contributed by atoms with Crippen LogP contribution in [-0.4, -0.2) is 44.7 Å². The van der Waals surface area contributed by atoms with Crippen LogP contribution in [0.3, 0.4) is 0 Å². The summed E-state index contributed by atoms with van der Waals surface area (Å²) in [5.41, 5.74) is 4.71. The second-order valence-corrected chi connectivity index (χ2v) is 10.7. The first kappa shape index (κ1) is 22.0. The fourth-order valence-electron chi connectivity index (χ4n) is 3.52. The van der Waals surface area contributed by atoms with Gasteiger partial charge < -0.3 is 9.88 Å². The van der Waals surface area contributed by atoms with Gasteiger partial charge in [-0.15, -0.1) is 0 Å². The van der Waals surface area contributed by atoms with Crippen molar-refractivity contribution in [1.29, 1.82) is 0 Å². The van der Waals surface area contributed by atoms with Crippen molar-refractivity contribution in [1.82, 2.24) is 24.3 Å². The Hall–Kier alpha value is -3.20. The van der Waals surface area contributed by atoms with Crippen molar-refractivity contribution in [2.45, 2.75) is 32.7 Å². The molecule has 168 valence electrons. The van der Waals surface area contributed by atoms with Crippen LogP contribution in [0.1, 0.15) is 31.7 Å². The maximum atomic E-state index is 11.3.